The maximum absolute atomic E-state index is 12.5. The van der Waals surface area contributed by atoms with Crippen LogP contribution in [0.15, 0.2) is 24.3 Å². The normalized spacial score (nSPS) is 17.1. The van der Waals surface area contributed by atoms with Crippen LogP contribution in [0.5, 0.6) is 5.75 Å². The van der Waals surface area contributed by atoms with Crippen LogP contribution in [-0.2, 0) is 10.0 Å². The minimum Gasteiger partial charge on any atom is -0.497 e. The first-order valence-corrected chi connectivity index (χ1v) is 9.00. The van der Waals surface area contributed by atoms with E-state index in [-0.39, 0.29) is 11.7 Å². The van der Waals surface area contributed by atoms with Crippen LogP contribution >= 0.6 is 0 Å². The molecule has 1 aliphatic rings. The van der Waals surface area contributed by atoms with Gasteiger partial charge in [-0.25, -0.2) is 12.7 Å². The number of rotatable bonds is 4. The van der Waals surface area contributed by atoms with Gasteiger partial charge in [-0.2, -0.15) is 0 Å². The zero-order valence-corrected chi connectivity index (χ0v) is 13.8. The van der Waals surface area contributed by atoms with Gasteiger partial charge in [-0.15, -0.1) is 0 Å². The Morgan fingerprint density at radius 1 is 1.23 bits per heavy atom. The van der Waals surface area contributed by atoms with Gasteiger partial charge in [-0.05, 0) is 31.5 Å². The number of nitrogens with zero attached hydrogens (tertiary/aromatic N) is 2. The molecular formula is C15H22N2O4S. The molecule has 6 nitrogen and oxygen atoms in total. The Morgan fingerprint density at radius 2 is 2.00 bits per heavy atom. The molecule has 1 amide bonds. The van der Waals surface area contributed by atoms with E-state index in [2.05, 4.69) is 0 Å². The van der Waals surface area contributed by atoms with Crippen LogP contribution < -0.4 is 4.74 Å². The average Bonchev–Trinajstić information content (AvgIpc) is 2.80. The van der Waals surface area contributed by atoms with Gasteiger partial charge in [0.15, 0.2) is 0 Å². The van der Waals surface area contributed by atoms with E-state index in [0.29, 0.717) is 43.9 Å². The fourth-order valence-corrected chi connectivity index (χ4v) is 3.63. The Morgan fingerprint density at radius 3 is 2.68 bits per heavy atom. The lowest BCUT2D eigenvalue weighted by molar-refractivity contribution is 0.0764. The van der Waals surface area contributed by atoms with Crippen LogP contribution in [0.4, 0.5) is 0 Å². The summed E-state index contributed by atoms with van der Waals surface area (Å²) >= 11 is 0. The lowest BCUT2D eigenvalue weighted by Gasteiger charge is -2.21. The monoisotopic (exact) mass is 326 g/mol. The number of hydrogen-bond acceptors (Lipinski definition) is 4. The van der Waals surface area contributed by atoms with E-state index in [0.717, 1.165) is 0 Å². The van der Waals surface area contributed by atoms with Gasteiger partial charge < -0.3 is 9.64 Å². The molecule has 22 heavy (non-hydrogen) atoms. The Labute approximate surface area is 131 Å². The van der Waals surface area contributed by atoms with Crippen molar-refractivity contribution >= 4 is 15.9 Å². The van der Waals surface area contributed by atoms with Gasteiger partial charge >= 0.3 is 0 Å². The number of carbonyl (C=O) groups excluding carboxylic acids is 1. The molecule has 1 fully saturated rings. The Balaban J connectivity index is 2.09. The van der Waals surface area contributed by atoms with Crippen molar-refractivity contribution in [1.29, 1.82) is 0 Å². The predicted octanol–water partition coefficient (Wildman–Crippen LogP) is 1.19. The summed E-state index contributed by atoms with van der Waals surface area (Å²) in [6.07, 6.45) is 0.648. The van der Waals surface area contributed by atoms with Crippen molar-refractivity contribution in [3.8, 4) is 5.75 Å². The lowest BCUT2D eigenvalue weighted by Crippen LogP contribution is -2.37. The molecule has 0 saturated carbocycles. The third kappa shape index (κ3) is 3.78. The van der Waals surface area contributed by atoms with Crippen LogP contribution in [0.2, 0.25) is 0 Å². The molecule has 0 aromatic heterocycles. The summed E-state index contributed by atoms with van der Waals surface area (Å²) in [7, 11) is -1.64. The highest BCUT2D eigenvalue weighted by molar-refractivity contribution is 7.89. The smallest absolute Gasteiger partial charge is 0.254 e. The molecular weight excluding hydrogens is 304 g/mol. The average molecular weight is 326 g/mol. The van der Waals surface area contributed by atoms with Crippen LogP contribution in [-0.4, -0.2) is 62.6 Å². The Hall–Kier alpha value is -1.60. The van der Waals surface area contributed by atoms with Crippen molar-refractivity contribution in [3.63, 3.8) is 0 Å². The molecule has 0 radical (unpaired) electrons. The molecule has 1 saturated heterocycles. The molecule has 1 aromatic rings. The van der Waals surface area contributed by atoms with E-state index in [1.807, 2.05) is 0 Å². The van der Waals surface area contributed by atoms with E-state index in [9.17, 15) is 13.2 Å². The summed E-state index contributed by atoms with van der Waals surface area (Å²) in [4.78, 5) is 14.3. The van der Waals surface area contributed by atoms with Crippen molar-refractivity contribution < 1.29 is 17.9 Å². The summed E-state index contributed by atoms with van der Waals surface area (Å²) < 4.78 is 30.5. The van der Waals surface area contributed by atoms with Gasteiger partial charge in [-0.3, -0.25) is 4.79 Å². The zero-order valence-electron chi connectivity index (χ0n) is 13.0. The van der Waals surface area contributed by atoms with Crippen molar-refractivity contribution in [2.45, 2.75) is 13.3 Å². The molecule has 0 N–H and O–H groups in total. The third-order valence-electron chi connectivity index (χ3n) is 3.82. The standard InChI is InChI=1S/C15H22N2O4S/c1-3-22(19,20)17-9-5-8-16(10-11-17)15(18)13-6-4-7-14(12-13)21-2/h4,6-7,12H,3,5,8-11H2,1-2H3. The molecule has 0 atom stereocenters. The maximum atomic E-state index is 12.5. The summed E-state index contributed by atoms with van der Waals surface area (Å²) in [5.74, 6) is 0.641. The van der Waals surface area contributed by atoms with Crippen LogP contribution in [0, 0.1) is 0 Å². The SMILES string of the molecule is CCS(=O)(=O)N1CCCN(C(=O)c2cccc(OC)c2)CC1. The third-order valence-corrected chi connectivity index (χ3v) is 5.70. The van der Waals surface area contributed by atoms with Crippen molar-refractivity contribution in [2.24, 2.45) is 0 Å². The number of benzene rings is 1. The highest BCUT2D eigenvalue weighted by Gasteiger charge is 2.26. The number of amides is 1. The number of ether oxygens (including phenoxy) is 1. The fraction of sp³-hybridized carbons (Fsp3) is 0.533. The second kappa shape index (κ2) is 7.11. The van der Waals surface area contributed by atoms with Crippen molar-refractivity contribution in [3.05, 3.63) is 29.8 Å². The quantitative estimate of drug-likeness (QED) is 0.834. The number of carbonyl (C=O) groups is 1. The topological polar surface area (TPSA) is 66.9 Å². The van der Waals surface area contributed by atoms with Gasteiger partial charge in [0.05, 0.1) is 12.9 Å². The van der Waals surface area contributed by atoms with Gasteiger partial charge in [0.1, 0.15) is 5.75 Å². The molecule has 1 aromatic carbocycles. The first-order valence-electron chi connectivity index (χ1n) is 7.39. The first-order chi connectivity index (χ1) is 10.5. The fourth-order valence-electron chi connectivity index (χ4n) is 2.50. The largest absolute Gasteiger partial charge is 0.497 e. The summed E-state index contributed by atoms with van der Waals surface area (Å²) in [6.45, 7) is 3.43. The summed E-state index contributed by atoms with van der Waals surface area (Å²) in [6, 6.07) is 7.01. The summed E-state index contributed by atoms with van der Waals surface area (Å²) in [5, 5.41) is 0. The minimum atomic E-state index is -3.19. The Bertz CT molecular complexity index is 630. The molecule has 0 spiro atoms. The molecule has 0 aliphatic carbocycles. The second-order valence-electron chi connectivity index (χ2n) is 5.18. The van der Waals surface area contributed by atoms with Gasteiger partial charge in [0.2, 0.25) is 10.0 Å². The molecule has 0 unspecified atom stereocenters. The number of hydrogen-bond donors (Lipinski definition) is 0. The first kappa shape index (κ1) is 16.8. The van der Waals surface area contributed by atoms with E-state index >= 15 is 0 Å². The molecule has 122 valence electrons. The zero-order chi connectivity index (χ0) is 16.2. The van der Waals surface area contributed by atoms with Crippen LogP contribution in [0.3, 0.4) is 0 Å². The molecule has 2 rings (SSSR count). The van der Waals surface area contributed by atoms with Crippen LogP contribution in [0.25, 0.3) is 0 Å². The van der Waals surface area contributed by atoms with Crippen LogP contribution in [0.1, 0.15) is 23.7 Å². The highest BCUT2D eigenvalue weighted by Crippen LogP contribution is 2.16. The maximum Gasteiger partial charge on any atom is 0.254 e. The Kier molecular flexibility index (Phi) is 5.42. The van der Waals surface area contributed by atoms with Gasteiger partial charge in [0.25, 0.3) is 5.91 Å². The highest BCUT2D eigenvalue weighted by atomic mass is 32.2. The second-order valence-corrected chi connectivity index (χ2v) is 7.43. The number of methoxy groups -OCH3 is 1. The van der Waals surface area contributed by atoms with E-state index < -0.39 is 10.0 Å². The van der Waals surface area contributed by atoms with E-state index in [1.165, 1.54) is 4.31 Å². The van der Waals surface area contributed by atoms with Crippen molar-refractivity contribution in [1.82, 2.24) is 9.21 Å². The molecule has 1 heterocycles. The van der Waals surface area contributed by atoms with E-state index in [1.54, 1.807) is 43.2 Å². The summed E-state index contributed by atoms with van der Waals surface area (Å²) in [5.41, 5.74) is 0.561. The minimum absolute atomic E-state index is 0.0883. The lowest BCUT2D eigenvalue weighted by atomic mass is 10.2. The molecule has 7 heteroatoms. The molecule has 0 bridgehead atoms. The molecule has 1 aliphatic heterocycles. The van der Waals surface area contributed by atoms with Crippen molar-refractivity contribution in [2.75, 3.05) is 39.0 Å². The van der Waals surface area contributed by atoms with E-state index in [4.69, 9.17) is 4.74 Å². The van der Waals surface area contributed by atoms with Gasteiger partial charge in [0, 0.05) is 31.7 Å². The number of sulfonamides is 1. The predicted molar refractivity (Wildman–Crippen MR) is 84.5 cm³/mol. The van der Waals surface area contributed by atoms with Gasteiger partial charge in [-0.1, -0.05) is 6.07 Å².